The zero-order valence-corrected chi connectivity index (χ0v) is 12.8. The van der Waals surface area contributed by atoms with E-state index in [2.05, 4.69) is 26.0 Å². The lowest BCUT2D eigenvalue weighted by molar-refractivity contribution is -0.274. The van der Waals surface area contributed by atoms with E-state index >= 15 is 0 Å². The van der Waals surface area contributed by atoms with Crippen LogP contribution < -0.4 is 10.1 Å². The molecule has 0 heterocycles. The molecular weight excluding hydrogens is 347 g/mol. The van der Waals surface area contributed by atoms with Gasteiger partial charge in [-0.1, -0.05) is 34.1 Å². The van der Waals surface area contributed by atoms with Gasteiger partial charge in [0.2, 0.25) is 0 Å². The fourth-order valence-electron chi connectivity index (χ4n) is 1.79. The first-order valence-electron chi connectivity index (χ1n) is 6.18. The molecule has 2 aromatic rings. The largest absolute Gasteiger partial charge is 0.573 e. The minimum absolute atomic E-state index is 0.218. The fraction of sp³-hybridized carbons (Fsp3) is 0.200. The summed E-state index contributed by atoms with van der Waals surface area (Å²) in [5.74, 6) is -0.218. The predicted molar refractivity (Wildman–Crippen MR) is 79.3 cm³/mol. The Balaban J connectivity index is 1.99. The van der Waals surface area contributed by atoms with Gasteiger partial charge in [0.05, 0.1) is 0 Å². The highest BCUT2D eigenvalue weighted by Crippen LogP contribution is 2.24. The number of rotatable bonds is 4. The van der Waals surface area contributed by atoms with Crippen LogP contribution in [0, 0.1) is 6.92 Å². The van der Waals surface area contributed by atoms with Gasteiger partial charge in [0, 0.05) is 16.7 Å². The summed E-state index contributed by atoms with van der Waals surface area (Å²) in [5, 5.41) is 3.24. The highest BCUT2D eigenvalue weighted by atomic mass is 79.9. The van der Waals surface area contributed by atoms with Crippen molar-refractivity contribution < 1.29 is 17.9 Å². The van der Waals surface area contributed by atoms with Gasteiger partial charge < -0.3 is 10.1 Å². The minimum Gasteiger partial charge on any atom is -0.406 e. The number of benzene rings is 2. The molecule has 0 aromatic heterocycles. The van der Waals surface area contributed by atoms with Crippen molar-refractivity contribution in [3.05, 3.63) is 58.1 Å². The second-order valence-electron chi connectivity index (χ2n) is 4.50. The number of ether oxygens (including phenoxy) is 1. The Bertz CT molecular complexity index is 611. The summed E-state index contributed by atoms with van der Waals surface area (Å²) in [6, 6.07) is 11.7. The molecule has 0 amide bonds. The van der Waals surface area contributed by atoms with Gasteiger partial charge in [-0.3, -0.25) is 0 Å². The van der Waals surface area contributed by atoms with Crippen molar-refractivity contribution in [2.24, 2.45) is 0 Å². The number of aryl methyl sites for hydroxylation is 1. The Morgan fingerprint density at radius 3 is 2.38 bits per heavy atom. The van der Waals surface area contributed by atoms with Crippen LogP contribution in [0.1, 0.15) is 11.1 Å². The van der Waals surface area contributed by atoms with Gasteiger partial charge in [-0.25, -0.2) is 0 Å². The van der Waals surface area contributed by atoms with Crippen LogP contribution in [-0.2, 0) is 6.54 Å². The molecule has 6 heteroatoms. The van der Waals surface area contributed by atoms with Crippen molar-refractivity contribution in [1.82, 2.24) is 0 Å². The van der Waals surface area contributed by atoms with E-state index in [1.54, 1.807) is 12.1 Å². The van der Waals surface area contributed by atoms with E-state index in [0.29, 0.717) is 6.54 Å². The van der Waals surface area contributed by atoms with E-state index in [-0.39, 0.29) is 5.75 Å². The van der Waals surface area contributed by atoms with Gasteiger partial charge in [0.25, 0.3) is 0 Å². The van der Waals surface area contributed by atoms with E-state index < -0.39 is 6.36 Å². The van der Waals surface area contributed by atoms with Crippen molar-refractivity contribution in [2.45, 2.75) is 19.8 Å². The van der Waals surface area contributed by atoms with Crippen LogP contribution in [-0.4, -0.2) is 6.36 Å². The standard InChI is InChI=1S/C15H13BrF3NO/c1-10-2-5-12(16)8-14(10)20-9-11-3-6-13(7-4-11)21-15(17,18)19/h2-8,20H,9H2,1H3. The number of nitrogens with one attached hydrogen (secondary N) is 1. The number of hydrogen-bond acceptors (Lipinski definition) is 2. The second-order valence-corrected chi connectivity index (χ2v) is 5.42. The number of hydrogen-bond donors (Lipinski definition) is 1. The van der Waals surface area contributed by atoms with Crippen LogP contribution in [0.3, 0.4) is 0 Å². The van der Waals surface area contributed by atoms with Crippen molar-refractivity contribution in [1.29, 1.82) is 0 Å². The number of alkyl halides is 3. The van der Waals surface area contributed by atoms with Crippen molar-refractivity contribution in [3.63, 3.8) is 0 Å². The van der Waals surface area contributed by atoms with Crippen LogP contribution in [0.4, 0.5) is 18.9 Å². The average Bonchev–Trinajstić information content (AvgIpc) is 2.40. The third-order valence-corrected chi connectivity index (χ3v) is 3.33. The summed E-state index contributed by atoms with van der Waals surface area (Å²) in [4.78, 5) is 0. The molecule has 2 aromatic carbocycles. The molecule has 2 nitrogen and oxygen atoms in total. The molecular formula is C15H13BrF3NO. The lowest BCUT2D eigenvalue weighted by Gasteiger charge is -2.11. The topological polar surface area (TPSA) is 21.3 Å². The minimum atomic E-state index is -4.66. The average molecular weight is 360 g/mol. The second kappa shape index (κ2) is 6.39. The highest BCUT2D eigenvalue weighted by Gasteiger charge is 2.30. The summed E-state index contributed by atoms with van der Waals surface area (Å²) >= 11 is 3.40. The maximum absolute atomic E-state index is 12.1. The molecule has 112 valence electrons. The maximum Gasteiger partial charge on any atom is 0.573 e. The van der Waals surface area contributed by atoms with Crippen molar-refractivity contribution in [3.8, 4) is 5.75 Å². The van der Waals surface area contributed by atoms with Crippen molar-refractivity contribution >= 4 is 21.6 Å². The van der Waals surface area contributed by atoms with Crippen LogP contribution in [0.5, 0.6) is 5.75 Å². The highest BCUT2D eigenvalue weighted by molar-refractivity contribution is 9.10. The quantitative estimate of drug-likeness (QED) is 0.802. The Morgan fingerprint density at radius 2 is 1.76 bits per heavy atom. The van der Waals surface area contributed by atoms with Crippen LogP contribution in [0.15, 0.2) is 46.9 Å². The molecule has 0 aliphatic carbocycles. The molecule has 1 N–H and O–H groups in total. The maximum atomic E-state index is 12.1. The Morgan fingerprint density at radius 1 is 1.10 bits per heavy atom. The van der Waals surface area contributed by atoms with Crippen LogP contribution >= 0.6 is 15.9 Å². The van der Waals surface area contributed by atoms with Crippen LogP contribution in [0.25, 0.3) is 0 Å². The van der Waals surface area contributed by atoms with Gasteiger partial charge >= 0.3 is 6.36 Å². The van der Waals surface area contributed by atoms with Gasteiger partial charge in [0.1, 0.15) is 5.75 Å². The third-order valence-electron chi connectivity index (χ3n) is 2.84. The first-order chi connectivity index (χ1) is 9.83. The molecule has 0 spiro atoms. The summed E-state index contributed by atoms with van der Waals surface area (Å²) in [6.45, 7) is 2.50. The van der Waals surface area contributed by atoms with Gasteiger partial charge in [0.15, 0.2) is 0 Å². The Kier molecular flexibility index (Phi) is 4.77. The lowest BCUT2D eigenvalue weighted by atomic mass is 10.1. The molecule has 0 bridgehead atoms. The molecule has 0 fully saturated rings. The summed E-state index contributed by atoms with van der Waals surface area (Å²) in [6.07, 6.45) is -4.66. The molecule has 0 radical (unpaired) electrons. The SMILES string of the molecule is Cc1ccc(Br)cc1NCc1ccc(OC(F)(F)F)cc1. The van der Waals surface area contributed by atoms with Crippen LogP contribution in [0.2, 0.25) is 0 Å². The summed E-state index contributed by atoms with van der Waals surface area (Å²) in [5.41, 5.74) is 2.93. The monoisotopic (exact) mass is 359 g/mol. The van der Waals surface area contributed by atoms with Gasteiger partial charge in [-0.15, -0.1) is 13.2 Å². The fourth-order valence-corrected chi connectivity index (χ4v) is 2.15. The number of anilines is 1. The zero-order chi connectivity index (χ0) is 15.5. The smallest absolute Gasteiger partial charge is 0.406 e. The molecule has 0 saturated carbocycles. The van der Waals surface area contributed by atoms with Gasteiger partial charge in [-0.05, 0) is 42.3 Å². The van der Waals surface area contributed by atoms with E-state index in [9.17, 15) is 13.2 Å². The summed E-state index contributed by atoms with van der Waals surface area (Å²) in [7, 11) is 0. The number of halogens is 4. The summed E-state index contributed by atoms with van der Waals surface area (Å²) < 4.78 is 41.0. The zero-order valence-electron chi connectivity index (χ0n) is 11.2. The molecule has 2 rings (SSSR count). The van der Waals surface area contributed by atoms with E-state index in [1.165, 1.54) is 12.1 Å². The Labute approximate surface area is 129 Å². The molecule has 0 atom stereocenters. The van der Waals surface area contributed by atoms with E-state index in [1.807, 2.05) is 25.1 Å². The van der Waals surface area contributed by atoms with E-state index in [0.717, 1.165) is 21.3 Å². The molecule has 0 aliphatic rings. The predicted octanol–water partition coefficient (Wildman–Crippen LogP) is 5.27. The normalized spacial score (nSPS) is 11.3. The molecule has 0 saturated heterocycles. The van der Waals surface area contributed by atoms with Crippen molar-refractivity contribution in [2.75, 3.05) is 5.32 Å². The Hall–Kier alpha value is -1.69. The molecule has 0 unspecified atom stereocenters. The van der Waals surface area contributed by atoms with E-state index in [4.69, 9.17) is 0 Å². The third kappa shape index (κ3) is 4.97. The first kappa shape index (κ1) is 15.7. The van der Waals surface area contributed by atoms with Gasteiger partial charge in [-0.2, -0.15) is 0 Å². The first-order valence-corrected chi connectivity index (χ1v) is 6.97. The molecule has 0 aliphatic heterocycles. The lowest BCUT2D eigenvalue weighted by Crippen LogP contribution is -2.17. The molecule has 21 heavy (non-hydrogen) atoms.